The second kappa shape index (κ2) is 3.59. The predicted octanol–water partition coefficient (Wildman–Crippen LogP) is 1.36. The minimum absolute atomic E-state index is 0.0764. The van der Waals surface area contributed by atoms with E-state index in [1.54, 1.807) is 0 Å². The van der Waals surface area contributed by atoms with Crippen molar-refractivity contribution in [2.45, 2.75) is 39.7 Å². The van der Waals surface area contributed by atoms with Crippen molar-refractivity contribution in [3.8, 4) is 0 Å². The molecule has 0 aromatic rings. The van der Waals surface area contributed by atoms with E-state index in [0.717, 1.165) is 0 Å². The van der Waals surface area contributed by atoms with Crippen LogP contribution >= 0.6 is 0 Å². The van der Waals surface area contributed by atoms with E-state index in [1.165, 1.54) is 4.90 Å². The van der Waals surface area contributed by atoms with Gasteiger partial charge in [-0.1, -0.05) is 13.8 Å². The minimum atomic E-state index is -0.401. The lowest BCUT2D eigenvalue weighted by Crippen LogP contribution is -2.59. The maximum Gasteiger partial charge on any atom is 0.324 e. The quantitative estimate of drug-likeness (QED) is 0.728. The van der Waals surface area contributed by atoms with Crippen LogP contribution in [0.3, 0.4) is 0 Å². The zero-order valence-electron chi connectivity index (χ0n) is 9.26. The fourth-order valence-electron chi connectivity index (χ4n) is 1.54. The summed E-state index contributed by atoms with van der Waals surface area (Å²) in [5.41, 5.74) is -0.401. The largest absolute Gasteiger partial charge is 0.332 e. The first-order valence-electron chi connectivity index (χ1n) is 4.94. The Morgan fingerprint density at radius 1 is 1.43 bits per heavy atom. The highest BCUT2D eigenvalue weighted by atomic mass is 16.2. The normalized spacial score (nSPS) is 21.4. The molecule has 0 atom stereocenters. The third-order valence-corrected chi connectivity index (χ3v) is 2.13. The Morgan fingerprint density at radius 2 is 2.00 bits per heavy atom. The molecule has 4 nitrogen and oxygen atoms in total. The van der Waals surface area contributed by atoms with Crippen molar-refractivity contribution in [2.24, 2.45) is 5.92 Å². The highest BCUT2D eigenvalue weighted by Crippen LogP contribution is 2.17. The van der Waals surface area contributed by atoms with Crippen LogP contribution in [-0.4, -0.2) is 28.9 Å². The summed E-state index contributed by atoms with van der Waals surface area (Å²) in [5.74, 6) is 0.235. The molecule has 1 heterocycles. The molecule has 3 amide bonds. The number of rotatable bonds is 2. The van der Waals surface area contributed by atoms with Gasteiger partial charge < -0.3 is 5.32 Å². The summed E-state index contributed by atoms with van der Waals surface area (Å²) in [7, 11) is 0. The topological polar surface area (TPSA) is 49.4 Å². The molecule has 80 valence electrons. The van der Waals surface area contributed by atoms with E-state index in [9.17, 15) is 9.59 Å². The van der Waals surface area contributed by atoms with Crippen molar-refractivity contribution < 1.29 is 9.59 Å². The van der Waals surface area contributed by atoms with Crippen LogP contribution in [0.4, 0.5) is 4.79 Å². The molecule has 1 fully saturated rings. The number of nitrogens with one attached hydrogen (secondary N) is 1. The van der Waals surface area contributed by atoms with Crippen molar-refractivity contribution in [1.29, 1.82) is 0 Å². The van der Waals surface area contributed by atoms with Crippen LogP contribution in [-0.2, 0) is 4.79 Å². The number of hydrogen-bond donors (Lipinski definition) is 1. The molecule has 4 heteroatoms. The van der Waals surface area contributed by atoms with E-state index >= 15 is 0 Å². The maximum atomic E-state index is 11.6. The third-order valence-electron chi connectivity index (χ3n) is 2.13. The van der Waals surface area contributed by atoms with Crippen molar-refractivity contribution in [3.63, 3.8) is 0 Å². The standard InChI is InChI=1S/C10H18N2O2/c1-7(2)6-12-8(13)5-10(3,4)11-9(12)14/h7H,5-6H2,1-4H3,(H,11,14). The molecular formula is C10H18N2O2. The van der Waals surface area contributed by atoms with Crippen molar-refractivity contribution in [2.75, 3.05) is 6.54 Å². The summed E-state index contributed by atoms with van der Waals surface area (Å²) in [6.07, 6.45) is 0.380. The van der Waals surface area contributed by atoms with E-state index in [2.05, 4.69) is 5.32 Å². The number of carbonyl (C=O) groups excluding carboxylic acids is 2. The molecule has 0 bridgehead atoms. The van der Waals surface area contributed by atoms with Crippen molar-refractivity contribution in [3.05, 3.63) is 0 Å². The van der Waals surface area contributed by atoms with Gasteiger partial charge in [-0.25, -0.2) is 4.79 Å². The molecule has 0 aliphatic carbocycles. The molecule has 0 spiro atoms. The number of carbonyl (C=O) groups is 2. The number of hydrogen-bond acceptors (Lipinski definition) is 2. The van der Waals surface area contributed by atoms with Gasteiger partial charge in [0, 0.05) is 18.5 Å². The monoisotopic (exact) mass is 198 g/mol. The maximum absolute atomic E-state index is 11.6. The van der Waals surface area contributed by atoms with Gasteiger partial charge in [-0.3, -0.25) is 9.69 Å². The Kier molecular flexibility index (Phi) is 2.83. The fourth-order valence-corrected chi connectivity index (χ4v) is 1.54. The van der Waals surface area contributed by atoms with Gasteiger partial charge in [-0.05, 0) is 19.8 Å². The number of amides is 3. The highest BCUT2D eigenvalue weighted by molar-refractivity contribution is 5.97. The van der Waals surface area contributed by atoms with Crippen LogP contribution in [0.25, 0.3) is 0 Å². The van der Waals surface area contributed by atoms with Crippen LogP contribution in [0.2, 0.25) is 0 Å². The van der Waals surface area contributed by atoms with Crippen LogP contribution in [0.5, 0.6) is 0 Å². The van der Waals surface area contributed by atoms with E-state index in [1.807, 2.05) is 27.7 Å². The van der Waals surface area contributed by atoms with Gasteiger partial charge in [0.25, 0.3) is 0 Å². The van der Waals surface area contributed by atoms with Gasteiger partial charge in [0.15, 0.2) is 0 Å². The van der Waals surface area contributed by atoms with Gasteiger partial charge in [0.1, 0.15) is 0 Å². The third kappa shape index (κ3) is 2.47. The van der Waals surface area contributed by atoms with Gasteiger partial charge >= 0.3 is 6.03 Å². The number of nitrogens with zero attached hydrogens (tertiary/aromatic N) is 1. The molecule has 0 radical (unpaired) electrons. The Hall–Kier alpha value is -1.06. The Bertz CT molecular complexity index is 239. The van der Waals surface area contributed by atoms with E-state index < -0.39 is 5.54 Å². The Labute approximate surface area is 84.7 Å². The fraction of sp³-hybridized carbons (Fsp3) is 0.800. The predicted molar refractivity (Wildman–Crippen MR) is 53.8 cm³/mol. The Balaban J connectivity index is 2.71. The van der Waals surface area contributed by atoms with Crippen molar-refractivity contribution in [1.82, 2.24) is 10.2 Å². The molecule has 1 aliphatic heterocycles. The molecule has 1 saturated heterocycles. The van der Waals surface area contributed by atoms with E-state index in [-0.39, 0.29) is 11.9 Å². The molecule has 1 N–H and O–H groups in total. The average molecular weight is 198 g/mol. The lowest BCUT2D eigenvalue weighted by atomic mass is 9.97. The molecule has 0 unspecified atom stereocenters. The van der Waals surface area contributed by atoms with Gasteiger partial charge in [-0.15, -0.1) is 0 Å². The van der Waals surface area contributed by atoms with E-state index in [4.69, 9.17) is 0 Å². The SMILES string of the molecule is CC(C)CN1C(=O)CC(C)(C)NC1=O. The first-order valence-corrected chi connectivity index (χ1v) is 4.94. The zero-order valence-corrected chi connectivity index (χ0v) is 9.26. The van der Waals surface area contributed by atoms with Gasteiger partial charge in [0.05, 0.1) is 0 Å². The molecular weight excluding hydrogens is 180 g/mol. The highest BCUT2D eigenvalue weighted by Gasteiger charge is 2.36. The minimum Gasteiger partial charge on any atom is -0.332 e. The summed E-state index contributed by atoms with van der Waals surface area (Å²) in [6.45, 7) is 8.19. The summed E-state index contributed by atoms with van der Waals surface area (Å²) in [5, 5.41) is 2.81. The van der Waals surface area contributed by atoms with Gasteiger partial charge in [0.2, 0.25) is 5.91 Å². The number of urea groups is 1. The summed E-state index contributed by atoms with van der Waals surface area (Å²) in [4.78, 5) is 24.5. The molecule has 0 aromatic carbocycles. The van der Waals surface area contributed by atoms with Crippen LogP contribution in [0, 0.1) is 5.92 Å². The van der Waals surface area contributed by atoms with Crippen LogP contribution in [0.1, 0.15) is 34.1 Å². The summed E-state index contributed by atoms with van der Waals surface area (Å²) < 4.78 is 0. The molecule has 1 aliphatic rings. The molecule has 0 saturated carbocycles. The average Bonchev–Trinajstić information content (AvgIpc) is 1.94. The first kappa shape index (κ1) is 11.0. The van der Waals surface area contributed by atoms with Crippen LogP contribution < -0.4 is 5.32 Å². The first-order chi connectivity index (χ1) is 6.32. The second-order valence-corrected chi connectivity index (χ2v) is 4.89. The Morgan fingerprint density at radius 3 is 2.43 bits per heavy atom. The van der Waals surface area contributed by atoms with Crippen LogP contribution in [0.15, 0.2) is 0 Å². The lowest BCUT2D eigenvalue weighted by molar-refractivity contribution is -0.131. The molecule has 14 heavy (non-hydrogen) atoms. The lowest BCUT2D eigenvalue weighted by Gasteiger charge is -2.36. The summed E-state index contributed by atoms with van der Waals surface area (Å²) >= 11 is 0. The van der Waals surface area contributed by atoms with E-state index in [0.29, 0.717) is 18.9 Å². The number of imide groups is 1. The van der Waals surface area contributed by atoms with Gasteiger partial charge in [-0.2, -0.15) is 0 Å². The van der Waals surface area contributed by atoms with Crippen molar-refractivity contribution >= 4 is 11.9 Å². The smallest absolute Gasteiger partial charge is 0.324 e. The zero-order chi connectivity index (χ0) is 10.9. The second-order valence-electron chi connectivity index (χ2n) is 4.89. The molecule has 0 aromatic heterocycles. The molecule has 1 rings (SSSR count). The summed E-state index contributed by atoms with van der Waals surface area (Å²) in [6, 6.07) is -0.264.